The van der Waals surface area contributed by atoms with E-state index in [1.165, 1.54) is 0 Å². The molecule has 1 aromatic rings. The predicted octanol–water partition coefficient (Wildman–Crippen LogP) is 2.67. The van der Waals surface area contributed by atoms with Crippen molar-refractivity contribution in [2.45, 2.75) is 32.7 Å². The van der Waals surface area contributed by atoms with Gasteiger partial charge in [0.05, 0.1) is 13.7 Å². The molecule has 0 heterocycles. The Labute approximate surface area is 109 Å². The van der Waals surface area contributed by atoms with Crippen molar-refractivity contribution in [1.82, 2.24) is 0 Å². The van der Waals surface area contributed by atoms with Crippen molar-refractivity contribution in [2.24, 2.45) is 0 Å². The van der Waals surface area contributed by atoms with Crippen molar-refractivity contribution < 1.29 is 14.6 Å². The topological polar surface area (TPSA) is 50.7 Å². The van der Waals surface area contributed by atoms with Crippen LogP contribution in [0.4, 0.5) is 5.69 Å². The molecule has 0 atom stereocenters. The molecule has 0 aliphatic carbocycles. The molecule has 1 aromatic carbocycles. The summed E-state index contributed by atoms with van der Waals surface area (Å²) in [7, 11) is 1.62. The van der Waals surface area contributed by atoms with E-state index < -0.39 is 0 Å². The lowest BCUT2D eigenvalue weighted by Crippen LogP contribution is -2.25. The van der Waals surface area contributed by atoms with Gasteiger partial charge in [-0.3, -0.25) is 0 Å². The van der Waals surface area contributed by atoms with E-state index in [-0.39, 0.29) is 12.1 Å². The molecule has 1 rings (SSSR count). The highest BCUT2D eigenvalue weighted by Crippen LogP contribution is 2.31. The summed E-state index contributed by atoms with van der Waals surface area (Å²) in [4.78, 5) is 0. The van der Waals surface area contributed by atoms with E-state index in [1.54, 1.807) is 7.11 Å². The second kappa shape index (κ2) is 6.50. The van der Waals surface area contributed by atoms with Gasteiger partial charge in [0.25, 0.3) is 0 Å². The average molecular weight is 253 g/mol. The minimum Gasteiger partial charge on any atom is -0.493 e. The molecule has 4 heteroatoms. The molecule has 0 saturated heterocycles. The molecule has 0 aliphatic heterocycles. The third kappa shape index (κ3) is 4.84. The minimum absolute atomic E-state index is 0.00302. The highest BCUT2D eigenvalue weighted by atomic mass is 16.5. The third-order valence-electron chi connectivity index (χ3n) is 2.24. The second-order valence-electron chi connectivity index (χ2n) is 5.17. The molecular formula is C14H23NO3. The van der Waals surface area contributed by atoms with Crippen molar-refractivity contribution in [3.8, 4) is 11.5 Å². The Hall–Kier alpha value is -1.42. The van der Waals surface area contributed by atoms with Crippen LogP contribution in [0.15, 0.2) is 18.2 Å². The largest absolute Gasteiger partial charge is 0.493 e. The third-order valence-corrected chi connectivity index (χ3v) is 2.24. The number of ether oxygens (including phenoxy) is 2. The van der Waals surface area contributed by atoms with Crippen LogP contribution < -0.4 is 14.8 Å². The van der Waals surface area contributed by atoms with Crippen molar-refractivity contribution in [1.29, 1.82) is 0 Å². The monoisotopic (exact) mass is 253 g/mol. The molecule has 2 N–H and O–H groups in total. The maximum Gasteiger partial charge on any atom is 0.163 e. The molecule has 0 spiro atoms. The summed E-state index contributed by atoms with van der Waals surface area (Å²) < 4.78 is 10.8. The molecule has 0 amide bonds. The molecule has 0 unspecified atom stereocenters. The van der Waals surface area contributed by atoms with Crippen LogP contribution in [-0.2, 0) is 0 Å². The maximum atomic E-state index is 8.75. The Morgan fingerprint density at radius 1 is 1.22 bits per heavy atom. The fourth-order valence-electron chi connectivity index (χ4n) is 1.55. The normalized spacial score (nSPS) is 11.2. The van der Waals surface area contributed by atoms with Crippen LogP contribution in [0.1, 0.15) is 27.2 Å². The quantitative estimate of drug-likeness (QED) is 0.765. The minimum atomic E-state index is -0.00302. The number of hydrogen-bond donors (Lipinski definition) is 2. The molecule has 18 heavy (non-hydrogen) atoms. The van der Waals surface area contributed by atoms with Gasteiger partial charge in [-0.15, -0.1) is 0 Å². The van der Waals surface area contributed by atoms with E-state index in [0.29, 0.717) is 24.5 Å². The molecule has 0 aliphatic rings. The van der Waals surface area contributed by atoms with Crippen molar-refractivity contribution >= 4 is 5.69 Å². The standard InChI is InChI=1S/C14H23NO3/c1-14(2,3)15-11-6-7-12(17-4)13(10-11)18-9-5-8-16/h6-7,10,15-16H,5,8-9H2,1-4H3. The first kappa shape index (κ1) is 14.6. The number of anilines is 1. The molecule has 0 bridgehead atoms. The van der Waals surface area contributed by atoms with E-state index in [2.05, 4.69) is 26.1 Å². The lowest BCUT2D eigenvalue weighted by Gasteiger charge is -2.23. The van der Waals surface area contributed by atoms with Gasteiger partial charge in [-0.1, -0.05) is 0 Å². The first-order valence-electron chi connectivity index (χ1n) is 6.16. The number of benzene rings is 1. The van der Waals surface area contributed by atoms with Crippen LogP contribution in [0.25, 0.3) is 0 Å². The van der Waals surface area contributed by atoms with Gasteiger partial charge in [-0.05, 0) is 32.9 Å². The van der Waals surface area contributed by atoms with Crippen LogP contribution in [0.2, 0.25) is 0 Å². The summed E-state index contributed by atoms with van der Waals surface area (Å²) in [5, 5.41) is 12.1. The summed E-state index contributed by atoms with van der Waals surface area (Å²) in [6, 6.07) is 5.76. The van der Waals surface area contributed by atoms with Gasteiger partial charge in [-0.2, -0.15) is 0 Å². The van der Waals surface area contributed by atoms with Crippen molar-refractivity contribution in [3.05, 3.63) is 18.2 Å². The lowest BCUT2D eigenvalue weighted by atomic mass is 10.1. The summed E-state index contributed by atoms with van der Waals surface area (Å²) in [6.45, 7) is 6.91. The van der Waals surface area contributed by atoms with Gasteiger partial charge in [-0.25, -0.2) is 0 Å². The zero-order chi connectivity index (χ0) is 13.6. The zero-order valence-corrected chi connectivity index (χ0v) is 11.6. The number of hydrogen-bond acceptors (Lipinski definition) is 4. The summed E-state index contributed by atoms with van der Waals surface area (Å²) in [5.74, 6) is 1.40. The molecule has 0 aromatic heterocycles. The molecule has 0 radical (unpaired) electrons. The van der Waals surface area contributed by atoms with Gasteiger partial charge < -0.3 is 19.9 Å². The zero-order valence-electron chi connectivity index (χ0n) is 11.6. The Bertz CT molecular complexity index is 372. The fourth-order valence-corrected chi connectivity index (χ4v) is 1.55. The Balaban J connectivity index is 2.80. The van der Waals surface area contributed by atoms with E-state index >= 15 is 0 Å². The van der Waals surface area contributed by atoms with E-state index in [4.69, 9.17) is 14.6 Å². The first-order valence-corrected chi connectivity index (χ1v) is 6.16. The first-order chi connectivity index (χ1) is 8.46. The highest BCUT2D eigenvalue weighted by molar-refractivity contribution is 5.55. The Kier molecular flexibility index (Phi) is 5.28. The molecule has 4 nitrogen and oxygen atoms in total. The van der Waals surface area contributed by atoms with Gasteiger partial charge in [0.1, 0.15) is 0 Å². The van der Waals surface area contributed by atoms with E-state index in [1.807, 2.05) is 18.2 Å². The molecular weight excluding hydrogens is 230 g/mol. The predicted molar refractivity (Wildman–Crippen MR) is 73.6 cm³/mol. The lowest BCUT2D eigenvalue weighted by molar-refractivity contribution is 0.228. The van der Waals surface area contributed by atoms with Gasteiger partial charge in [0.15, 0.2) is 11.5 Å². The summed E-state index contributed by atoms with van der Waals surface area (Å²) in [5.41, 5.74) is 0.985. The van der Waals surface area contributed by atoms with Crippen LogP contribution >= 0.6 is 0 Å². The fraction of sp³-hybridized carbons (Fsp3) is 0.571. The smallest absolute Gasteiger partial charge is 0.163 e. The number of aliphatic hydroxyl groups is 1. The summed E-state index contributed by atoms with van der Waals surface area (Å²) >= 11 is 0. The Morgan fingerprint density at radius 3 is 2.50 bits per heavy atom. The van der Waals surface area contributed by atoms with Crippen LogP contribution in [0, 0.1) is 0 Å². The van der Waals surface area contributed by atoms with Crippen LogP contribution in [0.5, 0.6) is 11.5 Å². The number of methoxy groups -OCH3 is 1. The number of nitrogens with one attached hydrogen (secondary N) is 1. The molecule has 102 valence electrons. The van der Waals surface area contributed by atoms with E-state index in [0.717, 1.165) is 5.69 Å². The van der Waals surface area contributed by atoms with Crippen LogP contribution in [-0.4, -0.2) is 31.0 Å². The number of aliphatic hydroxyl groups excluding tert-OH is 1. The SMILES string of the molecule is COc1ccc(NC(C)(C)C)cc1OCCCO. The van der Waals surface area contributed by atoms with Crippen molar-refractivity contribution in [3.63, 3.8) is 0 Å². The number of rotatable bonds is 6. The van der Waals surface area contributed by atoms with Gasteiger partial charge in [0, 0.05) is 30.3 Å². The van der Waals surface area contributed by atoms with Gasteiger partial charge in [0.2, 0.25) is 0 Å². The second-order valence-corrected chi connectivity index (χ2v) is 5.17. The van der Waals surface area contributed by atoms with Crippen LogP contribution in [0.3, 0.4) is 0 Å². The highest BCUT2D eigenvalue weighted by Gasteiger charge is 2.11. The molecule has 0 fully saturated rings. The Morgan fingerprint density at radius 2 is 1.94 bits per heavy atom. The van der Waals surface area contributed by atoms with Crippen molar-refractivity contribution in [2.75, 3.05) is 25.6 Å². The maximum absolute atomic E-state index is 8.75. The van der Waals surface area contributed by atoms with E-state index in [9.17, 15) is 0 Å². The average Bonchev–Trinajstić information content (AvgIpc) is 2.27. The van der Waals surface area contributed by atoms with Gasteiger partial charge >= 0.3 is 0 Å². The summed E-state index contributed by atoms with van der Waals surface area (Å²) in [6.07, 6.45) is 0.611. The molecule has 0 saturated carbocycles.